The highest BCUT2D eigenvalue weighted by atomic mass is 16.5. The van der Waals surface area contributed by atoms with E-state index < -0.39 is 0 Å². The summed E-state index contributed by atoms with van der Waals surface area (Å²) in [5.41, 5.74) is 3.35. The van der Waals surface area contributed by atoms with Crippen molar-refractivity contribution in [1.29, 1.82) is 0 Å². The molecule has 2 aliphatic rings. The van der Waals surface area contributed by atoms with Gasteiger partial charge in [0, 0.05) is 31.9 Å². The number of morpholine rings is 2. The van der Waals surface area contributed by atoms with Crippen LogP contribution in [0, 0.1) is 13.8 Å². The number of para-hydroxylation sites is 1. The third-order valence-electron chi connectivity index (χ3n) is 4.99. The molecule has 0 amide bonds. The van der Waals surface area contributed by atoms with Gasteiger partial charge in [0.25, 0.3) is 0 Å². The lowest BCUT2D eigenvalue weighted by molar-refractivity contribution is 0.120. The van der Waals surface area contributed by atoms with Crippen LogP contribution in [0.5, 0.6) is 0 Å². The summed E-state index contributed by atoms with van der Waals surface area (Å²) in [5, 5.41) is 12.3. The minimum Gasteiger partial charge on any atom is -0.378 e. The van der Waals surface area contributed by atoms with Gasteiger partial charge in [0.2, 0.25) is 5.95 Å². The number of benzene rings is 1. The summed E-state index contributed by atoms with van der Waals surface area (Å²) < 4.78 is 11.0. The van der Waals surface area contributed by atoms with Gasteiger partial charge < -0.3 is 24.6 Å². The number of ether oxygens (including phenoxy) is 2. The molecule has 0 bridgehead atoms. The number of aromatic nitrogens is 3. The summed E-state index contributed by atoms with van der Waals surface area (Å²) in [7, 11) is 0. The maximum atomic E-state index is 5.51. The van der Waals surface area contributed by atoms with Gasteiger partial charge in [-0.3, -0.25) is 0 Å². The zero-order valence-corrected chi connectivity index (χ0v) is 15.9. The molecule has 2 fully saturated rings. The molecule has 3 heterocycles. The van der Waals surface area contributed by atoms with Crippen molar-refractivity contribution in [3.8, 4) is 0 Å². The van der Waals surface area contributed by atoms with Crippen molar-refractivity contribution >= 4 is 23.3 Å². The molecular formula is C19H26N6O2. The van der Waals surface area contributed by atoms with Crippen LogP contribution < -0.4 is 15.1 Å². The maximum absolute atomic E-state index is 5.51. The van der Waals surface area contributed by atoms with Crippen LogP contribution in [0.1, 0.15) is 11.1 Å². The quantitative estimate of drug-likeness (QED) is 0.875. The number of nitrogens with zero attached hydrogens (tertiary/aromatic N) is 5. The van der Waals surface area contributed by atoms with Crippen LogP contribution in [0.15, 0.2) is 18.2 Å². The maximum Gasteiger partial charge on any atom is 0.249 e. The summed E-state index contributed by atoms with van der Waals surface area (Å²) in [4.78, 5) is 9.29. The summed E-state index contributed by atoms with van der Waals surface area (Å²) in [6, 6.07) is 6.21. The van der Waals surface area contributed by atoms with Gasteiger partial charge in [0.05, 0.1) is 26.4 Å². The Hall–Kier alpha value is -2.45. The van der Waals surface area contributed by atoms with Crippen LogP contribution in [-0.4, -0.2) is 67.8 Å². The van der Waals surface area contributed by atoms with E-state index in [9.17, 15) is 0 Å². The number of aryl methyl sites for hydroxylation is 2. The Morgan fingerprint density at radius 1 is 0.815 bits per heavy atom. The number of hydrogen-bond donors (Lipinski definition) is 1. The van der Waals surface area contributed by atoms with Gasteiger partial charge in [-0.25, -0.2) is 0 Å². The lowest BCUT2D eigenvalue weighted by Crippen LogP contribution is -2.41. The van der Waals surface area contributed by atoms with E-state index in [0.29, 0.717) is 32.4 Å². The zero-order valence-electron chi connectivity index (χ0n) is 15.9. The summed E-state index contributed by atoms with van der Waals surface area (Å²) >= 11 is 0. The SMILES string of the molecule is Cc1cccc(C)c1Nc1nnc(N2CCOCC2)c(N2CCOCC2)n1. The van der Waals surface area contributed by atoms with Gasteiger partial charge in [-0.05, 0) is 25.0 Å². The molecule has 1 N–H and O–H groups in total. The average Bonchev–Trinajstić information content (AvgIpc) is 2.72. The van der Waals surface area contributed by atoms with Crippen LogP contribution in [0.4, 0.5) is 23.3 Å². The monoisotopic (exact) mass is 370 g/mol. The van der Waals surface area contributed by atoms with Gasteiger partial charge >= 0.3 is 0 Å². The van der Waals surface area contributed by atoms with Gasteiger partial charge in [0.15, 0.2) is 11.6 Å². The van der Waals surface area contributed by atoms with Gasteiger partial charge in [-0.2, -0.15) is 4.98 Å². The smallest absolute Gasteiger partial charge is 0.249 e. The first kappa shape index (κ1) is 17.9. The first-order valence-electron chi connectivity index (χ1n) is 9.46. The molecule has 8 nitrogen and oxygen atoms in total. The molecule has 0 aliphatic carbocycles. The average molecular weight is 370 g/mol. The molecule has 0 unspecified atom stereocenters. The first-order valence-corrected chi connectivity index (χ1v) is 9.46. The predicted octanol–water partition coefficient (Wildman–Crippen LogP) is 1.91. The van der Waals surface area contributed by atoms with E-state index in [1.807, 2.05) is 0 Å². The van der Waals surface area contributed by atoms with E-state index in [1.165, 1.54) is 0 Å². The molecule has 4 rings (SSSR count). The predicted molar refractivity (Wildman–Crippen MR) is 105 cm³/mol. The van der Waals surface area contributed by atoms with E-state index in [0.717, 1.165) is 54.6 Å². The highest BCUT2D eigenvalue weighted by Gasteiger charge is 2.24. The molecule has 144 valence electrons. The normalized spacial score (nSPS) is 17.9. The Balaban J connectivity index is 1.67. The van der Waals surface area contributed by atoms with Gasteiger partial charge in [-0.1, -0.05) is 18.2 Å². The molecule has 0 radical (unpaired) electrons. The molecule has 2 aliphatic heterocycles. The second kappa shape index (κ2) is 8.06. The highest BCUT2D eigenvalue weighted by molar-refractivity contribution is 5.67. The third kappa shape index (κ3) is 3.96. The second-order valence-corrected chi connectivity index (χ2v) is 6.87. The standard InChI is InChI=1S/C19H26N6O2/c1-14-4-3-5-15(2)16(14)20-19-21-17(24-6-10-26-11-7-24)18(22-23-19)25-8-12-27-13-9-25/h3-5H,6-13H2,1-2H3,(H,20,21,23). The largest absolute Gasteiger partial charge is 0.378 e. The number of hydrogen-bond acceptors (Lipinski definition) is 8. The molecule has 0 atom stereocenters. The van der Waals surface area contributed by atoms with Crippen molar-refractivity contribution in [3.63, 3.8) is 0 Å². The number of rotatable bonds is 4. The van der Waals surface area contributed by atoms with E-state index in [2.05, 4.69) is 57.4 Å². The molecule has 2 saturated heterocycles. The van der Waals surface area contributed by atoms with Crippen molar-refractivity contribution in [2.24, 2.45) is 0 Å². The molecular weight excluding hydrogens is 344 g/mol. The van der Waals surface area contributed by atoms with Crippen molar-refractivity contribution in [3.05, 3.63) is 29.3 Å². The van der Waals surface area contributed by atoms with Crippen LogP contribution >= 0.6 is 0 Å². The Morgan fingerprint density at radius 3 is 1.96 bits per heavy atom. The fourth-order valence-electron chi connectivity index (χ4n) is 3.46. The van der Waals surface area contributed by atoms with Crippen molar-refractivity contribution in [2.75, 3.05) is 67.7 Å². The first-order chi connectivity index (χ1) is 13.2. The Labute approximate surface area is 159 Å². The minimum absolute atomic E-state index is 0.519. The number of nitrogens with one attached hydrogen (secondary N) is 1. The molecule has 27 heavy (non-hydrogen) atoms. The summed E-state index contributed by atoms with van der Waals surface area (Å²) in [6.07, 6.45) is 0. The van der Waals surface area contributed by atoms with Crippen molar-refractivity contribution < 1.29 is 9.47 Å². The van der Waals surface area contributed by atoms with E-state index in [1.54, 1.807) is 0 Å². The molecule has 8 heteroatoms. The van der Waals surface area contributed by atoms with Crippen molar-refractivity contribution in [2.45, 2.75) is 13.8 Å². The van der Waals surface area contributed by atoms with Crippen LogP contribution in [-0.2, 0) is 9.47 Å². The van der Waals surface area contributed by atoms with Crippen molar-refractivity contribution in [1.82, 2.24) is 15.2 Å². The van der Waals surface area contributed by atoms with Gasteiger partial charge in [0.1, 0.15) is 0 Å². The summed E-state index contributed by atoms with van der Waals surface area (Å²) in [5.74, 6) is 2.21. The Kier molecular flexibility index (Phi) is 5.35. The number of anilines is 4. The van der Waals surface area contributed by atoms with Gasteiger partial charge in [-0.15, -0.1) is 10.2 Å². The third-order valence-corrected chi connectivity index (χ3v) is 4.99. The second-order valence-electron chi connectivity index (χ2n) is 6.87. The molecule has 0 saturated carbocycles. The topological polar surface area (TPSA) is 75.6 Å². The fourth-order valence-corrected chi connectivity index (χ4v) is 3.46. The molecule has 2 aromatic rings. The van der Waals surface area contributed by atoms with Crippen LogP contribution in [0.25, 0.3) is 0 Å². The van der Waals surface area contributed by atoms with E-state index >= 15 is 0 Å². The van der Waals surface area contributed by atoms with Crippen LogP contribution in [0.3, 0.4) is 0 Å². The Bertz CT molecular complexity index is 768. The zero-order chi connectivity index (χ0) is 18.6. The molecule has 1 aromatic carbocycles. The molecule has 0 spiro atoms. The highest BCUT2D eigenvalue weighted by Crippen LogP contribution is 2.29. The molecule has 1 aromatic heterocycles. The summed E-state index contributed by atoms with van der Waals surface area (Å²) in [6.45, 7) is 10.2. The van der Waals surface area contributed by atoms with Crippen LogP contribution in [0.2, 0.25) is 0 Å². The van der Waals surface area contributed by atoms with E-state index in [4.69, 9.17) is 14.5 Å². The lowest BCUT2D eigenvalue weighted by Gasteiger charge is -2.33. The fraction of sp³-hybridized carbons (Fsp3) is 0.526. The lowest BCUT2D eigenvalue weighted by atomic mass is 10.1. The minimum atomic E-state index is 0.519. The van der Waals surface area contributed by atoms with E-state index in [-0.39, 0.29) is 0 Å². The Morgan fingerprint density at radius 2 is 1.37 bits per heavy atom.